The summed E-state index contributed by atoms with van der Waals surface area (Å²) >= 11 is 1.11. The third-order valence-electron chi connectivity index (χ3n) is 2.43. The number of sulfonamides is 1. The number of carbonyl (C=O) groups is 1. The molecule has 1 aromatic rings. The zero-order valence-electron chi connectivity index (χ0n) is 12.1. The average Bonchev–Trinajstić information content (AvgIpc) is 2.73. The third-order valence-corrected chi connectivity index (χ3v) is 3.93. The fourth-order valence-corrected chi connectivity index (χ4v) is 3.11. The van der Waals surface area contributed by atoms with Crippen molar-refractivity contribution in [1.29, 1.82) is 0 Å². The minimum atomic E-state index is -3.38. The number of anilines is 1. The van der Waals surface area contributed by atoms with Crippen molar-refractivity contribution in [1.82, 2.24) is 9.88 Å². The van der Waals surface area contributed by atoms with Gasteiger partial charge < -0.3 is 14.7 Å². The molecule has 1 heterocycles. The van der Waals surface area contributed by atoms with Crippen LogP contribution in [0.1, 0.15) is 5.69 Å². The zero-order valence-corrected chi connectivity index (χ0v) is 13.7. The van der Waals surface area contributed by atoms with Crippen molar-refractivity contribution in [2.75, 3.05) is 38.3 Å². The highest BCUT2D eigenvalue weighted by atomic mass is 32.2. The van der Waals surface area contributed by atoms with Gasteiger partial charge >= 0.3 is 0 Å². The molecule has 0 saturated heterocycles. The molecule has 0 aliphatic heterocycles. The Labute approximate surface area is 127 Å². The van der Waals surface area contributed by atoms with Crippen molar-refractivity contribution in [2.45, 2.75) is 12.5 Å². The van der Waals surface area contributed by atoms with Crippen molar-refractivity contribution in [2.24, 2.45) is 0 Å². The van der Waals surface area contributed by atoms with Gasteiger partial charge in [-0.15, -0.1) is 11.3 Å². The van der Waals surface area contributed by atoms with Gasteiger partial charge in [0.25, 0.3) is 0 Å². The number of hydrogen-bond donors (Lipinski definition) is 2. The van der Waals surface area contributed by atoms with E-state index < -0.39 is 16.1 Å². The second kappa shape index (κ2) is 7.69. The van der Waals surface area contributed by atoms with Gasteiger partial charge in [0.15, 0.2) is 5.13 Å². The van der Waals surface area contributed by atoms with Crippen LogP contribution in [0.5, 0.6) is 0 Å². The number of rotatable bonds is 8. The average molecular weight is 337 g/mol. The highest BCUT2D eigenvalue weighted by molar-refractivity contribution is 7.92. The highest BCUT2D eigenvalue weighted by Gasteiger charge is 2.16. The minimum absolute atomic E-state index is 0.0398. The molecule has 1 atom stereocenters. The summed E-state index contributed by atoms with van der Waals surface area (Å²) in [6, 6.07) is 0. The van der Waals surface area contributed by atoms with E-state index in [1.54, 1.807) is 12.4 Å². The zero-order chi connectivity index (χ0) is 16.0. The van der Waals surface area contributed by atoms with E-state index in [4.69, 9.17) is 4.74 Å². The van der Waals surface area contributed by atoms with Crippen LogP contribution >= 0.6 is 11.3 Å². The lowest BCUT2D eigenvalue weighted by molar-refractivity contribution is -0.130. The second-order valence-corrected chi connectivity index (χ2v) is 7.18. The number of nitrogens with one attached hydrogen (secondary N) is 1. The van der Waals surface area contributed by atoms with E-state index in [0.717, 1.165) is 17.6 Å². The van der Waals surface area contributed by atoms with Gasteiger partial charge in [0.2, 0.25) is 15.9 Å². The molecule has 0 aliphatic carbocycles. The summed E-state index contributed by atoms with van der Waals surface area (Å²) in [7, 11) is -0.334. The van der Waals surface area contributed by atoms with Crippen LogP contribution in [0.15, 0.2) is 5.38 Å². The van der Waals surface area contributed by atoms with E-state index in [1.807, 2.05) is 0 Å². The number of amides is 1. The maximum atomic E-state index is 11.9. The molecule has 0 bridgehead atoms. The predicted molar refractivity (Wildman–Crippen MR) is 79.8 cm³/mol. The smallest absolute Gasteiger partial charge is 0.231 e. The lowest BCUT2D eigenvalue weighted by Gasteiger charge is -2.20. The Balaban J connectivity index is 2.55. The van der Waals surface area contributed by atoms with Gasteiger partial charge in [-0.2, -0.15) is 0 Å². The normalized spacial score (nSPS) is 13.0. The van der Waals surface area contributed by atoms with E-state index in [-0.39, 0.29) is 30.6 Å². The SMILES string of the molecule is COCC(O)CN(C)C(=O)Cc1csc(NS(C)(=O)=O)n1. The highest BCUT2D eigenvalue weighted by Crippen LogP contribution is 2.17. The maximum Gasteiger partial charge on any atom is 0.231 e. The van der Waals surface area contributed by atoms with Crippen molar-refractivity contribution in [3.8, 4) is 0 Å². The number of methoxy groups -OCH3 is 1. The molecule has 1 amide bonds. The lowest BCUT2D eigenvalue weighted by Crippen LogP contribution is -2.37. The predicted octanol–water partition coefficient (Wildman–Crippen LogP) is -0.477. The summed E-state index contributed by atoms with van der Waals surface area (Å²) in [4.78, 5) is 17.4. The molecule has 0 aromatic carbocycles. The first-order chi connectivity index (χ1) is 9.71. The summed E-state index contributed by atoms with van der Waals surface area (Å²) in [5.41, 5.74) is 0.476. The van der Waals surface area contributed by atoms with Crippen LogP contribution < -0.4 is 4.72 Å². The molecule has 1 unspecified atom stereocenters. The Morgan fingerprint density at radius 1 is 1.62 bits per heavy atom. The summed E-state index contributed by atoms with van der Waals surface area (Å²) < 4.78 is 29.2. The van der Waals surface area contributed by atoms with Gasteiger partial charge in [0.1, 0.15) is 0 Å². The molecule has 10 heteroatoms. The molecule has 1 aromatic heterocycles. The van der Waals surface area contributed by atoms with E-state index >= 15 is 0 Å². The molecule has 0 fully saturated rings. The van der Waals surface area contributed by atoms with Crippen LogP contribution in [0.25, 0.3) is 0 Å². The third kappa shape index (κ3) is 6.85. The van der Waals surface area contributed by atoms with Crippen LogP contribution in [-0.2, 0) is 26.0 Å². The molecule has 21 heavy (non-hydrogen) atoms. The number of ether oxygens (including phenoxy) is 1. The van der Waals surface area contributed by atoms with Crippen LogP contribution in [0, 0.1) is 0 Å². The first-order valence-electron chi connectivity index (χ1n) is 6.04. The topological polar surface area (TPSA) is 109 Å². The standard InChI is InChI=1S/C11H19N3O5S2/c1-14(5-9(15)6-19-2)10(16)4-8-7-20-11(12-8)13-21(3,17)18/h7,9,15H,4-6H2,1-3H3,(H,12,13). The van der Waals surface area contributed by atoms with Gasteiger partial charge in [-0.1, -0.05) is 0 Å². The number of aliphatic hydroxyl groups excluding tert-OH is 1. The Bertz CT molecular complexity index is 572. The van der Waals surface area contributed by atoms with Gasteiger partial charge in [-0.25, -0.2) is 13.4 Å². The van der Waals surface area contributed by atoms with E-state index in [0.29, 0.717) is 5.69 Å². The fourth-order valence-electron chi connectivity index (χ4n) is 1.55. The van der Waals surface area contributed by atoms with Crippen molar-refractivity contribution in [3.63, 3.8) is 0 Å². The number of likely N-dealkylation sites (N-methyl/N-ethyl adjacent to an activating group) is 1. The number of hydrogen-bond acceptors (Lipinski definition) is 7. The van der Waals surface area contributed by atoms with Crippen LogP contribution in [0.3, 0.4) is 0 Å². The van der Waals surface area contributed by atoms with E-state index in [2.05, 4.69) is 9.71 Å². The monoisotopic (exact) mass is 337 g/mol. The molecule has 120 valence electrons. The van der Waals surface area contributed by atoms with Gasteiger partial charge in [-0.05, 0) is 0 Å². The van der Waals surface area contributed by atoms with Crippen LogP contribution in [-0.4, -0.2) is 69.0 Å². The van der Waals surface area contributed by atoms with Crippen LogP contribution in [0.2, 0.25) is 0 Å². The quantitative estimate of drug-likeness (QED) is 0.663. The maximum absolute atomic E-state index is 11.9. The summed E-state index contributed by atoms with van der Waals surface area (Å²) in [5.74, 6) is -0.221. The molecule has 0 aliphatic rings. The largest absolute Gasteiger partial charge is 0.389 e. The summed E-state index contributed by atoms with van der Waals surface area (Å²) in [6.07, 6.45) is 0.323. The fraction of sp³-hybridized carbons (Fsp3) is 0.636. The lowest BCUT2D eigenvalue weighted by atomic mass is 10.3. The van der Waals surface area contributed by atoms with Crippen molar-refractivity contribution in [3.05, 3.63) is 11.1 Å². The minimum Gasteiger partial charge on any atom is -0.389 e. The number of aromatic nitrogens is 1. The number of nitrogens with zero attached hydrogens (tertiary/aromatic N) is 2. The first kappa shape index (κ1) is 17.8. The Kier molecular flexibility index (Phi) is 6.52. The van der Waals surface area contributed by atoms with E-state index in [9.17, 15) is 18.3 Å². The molecule has 8 nitrogen and oxygen atoms in total. The summed E-state index contributed by atoms with van der Waals surface area (Å²) in [6.45, 7) is 0.308. The van der Waals surface area contributed by atoms with Gasteiger partial charge in [0, 0.05) is 26.1 Å². The van der Waals surface area contributed by atoms with Crippen molar-refractivity contribution < 1.29 is 23.1 Å². The van der Waals surface area contributed by atoms with Gasteiger partial charge in [-0.3, -0.25) is 9.52 Å². The Hall–Kier alpha value is -1.23. The Morgan fingerprint density at radius 3 is 2.86 bits per heavy atom. The number of carbonyl (C=O) groups excluding carboxylic acids is 1. The molecule has 0 spiro atoms. The Morgan fingerprint density at radius 2 is 2.29 bits per heavy atom. The first-order valence-corrected chi connectivity index (χ1v) is 8.81. The van der Waals surface area contributed by atoms with E-state index in [1.165, 1.54) is 12.0 Å². The van der Waals surface area contributed by atoms with Crippen LogP contribution in [0.4, 0.5) is 5.13 Å². The second-order valence-electron chi connectivity index (χ2n) is 4.58. The molecule has 1 rings (SSSR count). The molecule has 0 radical (unpaired) electrons. The summed E-state index contributed by atoms with van der Waals surface area (Å²) in [5, 5.41) is 11.4. The van der Waals surface area contributed by atoms with Crippen molar-refractivity contribution >= 4 is 32.4 Å². The number of aliphatic hydroxyl groups is 1. The molecule has 2 N–H and O–H groups in total. The molecule has 0 saturated carbocycles. The molecular formula is C11H19N3O5S2. The number of thiazole rings is 1. The van der Waals surface area contributed by atoms with Gasteiger partial charge in [0.05, 0.1) is 31.1 Å². The molecular weight excluding hydrogens is 318 g/mol.